The van der Waals surface area contributed by atoms with E-state index in [0.29, 0.717) is 22.6 Å². The predicted octanol–water partition coefficient (Wildman–Crippen LogP) is 6.24. The number of hydrogen-bond acceptors (Lipinski definition) is 5. The SMILES string of the molecule is N#Cc1ccccc1-c1ccc(/C=C2\SC(=S)N(c3cccc(C(F)(F)F)c3)C2=O)o1. The Balaban J connectivity index is 1.63. The monoisotopic (exact) mass is 456 g/mol. The van der Waals surface area contributed by atoms with Crippen LogP contribution in [0.3, 0.4) is 0 Å². The van der Waals surface area contributed by atoms with Crippen LogP contribution < -0.4 is 4.90 Å². The lowest BCUT2D eigenvalue weighted by Gasteiger charge is -2.16. The van der Waals surface area contributed by atoms with E-state index in [1.165, 1.54) is 18.2 Å². The van der Waals surface area contributed by atoms with E-state index < -0.39 is 17.6 Å². The molecule has 1 aliphatic heterocycles. The molecule has 154 valence electrons. The molecule has 31 heavy (non-hydrogen) atoms. The van der Waals surface area contributed by atoms with Crippen molar-refractivity contribution in [2.24, 2.45) is 0 Å². The van der Waals surface area contributed by atoms with Crippen LogP contribution in [0.4, 0.5) is 18.9 Å². The average Bonchev–Trinajstić information content (AvgIpc) is 3.32. The van der Waals surface area contributed by atoms with E-state index >= 15 is 0 Å². The van der Waals surface area contributed by atoms with Crippen LogP contribution in [0.2, 0.25) is 0 Å². The van der Waals surface area contributed by atoms with Gasteiger partial charge in [0.2, 0.25) is 0 Å². The van der Waals surface area contributed by atoms with Crippen LogP contribution in [0, 0.1) is 11.3 Å². The van der Waals surface area contributed by atoms with Gasteiger partial charge < -0.3 is 4.42 Å². The summed E-state index contributed by atoms with van der Waals surface area (Å²) in [6.07, 6.45) is -3.05. The normalized spacial score (nSPS) is 15.5. The lowest BCUT2D eigenvalue weighted by Crippen LogP contribution is -2.27. The molecule has 1 aliphatic rings. The minimum absolute atomic E-state index is 0.0452. The number of furan rings is 1. The van der Waals surface area contributed by atoms with Crippen molar-refractivity contribution in [1.29, 1.82) is 5.26 Å². The number of anilines is 1. The van der Waals surface area contributed by atoms with E-state index in [1.807, 2.05) is 0 Å². The molecule has 1 saturated heterocycles. The van der Waals surface area contributed by atoms with Crippen molar-refractivity contribution in [2.75, 3.05) is 4.90 Å². The van der Waals surface area contributed by atoms with Crippen LogP contribution in [-0.4, -0.2) is 10.2 Å². The van der Waals surface area contributed by atoms with Crippen molar-refractivity contribution in [3.05, 3.63) is 82.5 Å². The van der Waals surface area contributed by atoms with Crippen LogP contribution in [0.15, 0.2) is 70.0 Å². The second-order valence-corrected chi connectivity index (χ2v) is 8.10. The molecule has 0 bridgehead atoms. The van der Waals surface area contributed by atoms with E-state index in [0.717, 1.165) is 28.8 Å². The highest BCUT2D eigenvalue weighted by molar-refractivity contribution is 8.27. The molecule has 0 N–H and O–H groups in total. The molecule has 2 heterocycles. The Hall–Kier alpha value is -3.35. The lowest BCUT2D eigenvalue weighted by molar-refractivity contribution is -0.137. The second kappa shape index (κ2) is 8.06. The van der Waals surface area contributed by atoms with Crippen molar-refractivity contribution in [3.8, 4) is 17.4 Å². The highest BCUT2D eigenvalue weighted by Gasteiger charge is 2.36. The maximum absolute atomic E-state index is 13.0. The summed E-state index contributed by atoms with van der Waals surface area (Å²) in [5.74, 6) is 0.272. The Bertz CT molecular complexity index is 1270. The predicted molar refractivity (Wildman–Crippen MR) is 116 cm³/mol. The third kappa shape index (κ3) is 4.13. The van der Waals surface area contributed by atoms with Gasteiger partial charge in [-0.15, -0.1) is 0 Å². The smallest absolute Gasteiger partial charge is 0.416 e. The minimum atomic E-state index is -4.53. The Morgan fingerprint density at radius 1 is 1.10 bits per heavy atom. The van der Waals surface area contributed by atoms with Crippen LogP contribution >= 0.6 is 24.0 Å². The van der Waals surface area contributed by atoms with E-state index in [-0.39, 0.29) is 14.9 Å². The number of thiocarbonyl (C=S) groups is 1. The molecule has 1 aromatic heterocycles. The summed E-state index contributed by atoms with van der Waals surface area (Å²) in [6, 6.07) is 16.8. The topological polar surface area (TPSA) is 57.2 Å². The van der Waals surface area contributed by atoms with Crippen molar-refractivity contribution in [2.45, 2.75) is 6.18 Å². The van der Waals surface area contributed by atoms with E-state index in [2.05, 4.69) is 6.07 Å². The quantitative estimate of drug-likeness (QED) is 0.345. The Morgan fingerprint density at radius 3 is 2.61 bits per heavy atom. The number of alkyl halides is 3. The molecule has 9 heteroatoms. The summed E-state index contributed by atoms with van der Waals surface area (Å²) in [7, 11) is 0. The van der Waals surface area contributed by atoms with Crippen molar-refractivity contribution in [1.82, 2.24) is 0 Å². The Morgan fingerprint density at radius 2 is 1.87 bits per heavy atom. The van der Waals surface area contributed by atoms with Gasteiger partial charge in [-0.2, -0.15) is 18.4 Å². The molecule has 3 aromatic rings. The summed E-state index contributed by atoms with van der Waals surface area (Å²) >= 11 is 6.20. The molecule has 0 aliphatic carbocycles. The summed E-state index contributed by atoms with van der Waals surface area (Å²) in [5.41, 5.74) is 0.235. The molecular weight excluding hydrogens is 445 g/mol. The van der Waals surface area contributed by atoms with E-state index in [9.17, 15) is 23.2 Å². The molecule has 0 saturated carbocycles. The van der Waals surface area contributed by atoms with Crippen LogP contribution in [-0.2, 0) is 11.0 Å². The summed E-state index contributed by atoms with van der Waals surface area (Å²) in [6.45, 7) is 0. The summed E-state index contributed by atoms with van der Waals surface area (Å²) in [5, 5.41) is 9.25. The van der Waals surface area contributed by atoms with Crippen LogP contribution in [0.1, 0.15) is 16.9 Å². The van der Waals surface area contributed by atoms with Gasteiger partial charge >= 0.3 is 6.18 Å². The number of hydrogen-bond donors (Lipinski definition) is 0. The van der Waals surface area contributed by atoms with Gasteiger partial charge in [-0.3, -0.25) is 9.69 Å². The molecule has 4 nitrogen and oxygen atoms in total. The molecule has 1 fully saturated rings. The molecular formula is C22H11F3N2O2S2. The van der Waals surface area contributed by atoms with E-state index in [1.54, 1.807) is 36.4 Å². The fourth-order valence-corrected chi connectivity index (χ4v) is 4.29. The number of carbonyl (C=O) groups excluding carboxylic acids is 1. The standard InChI is InChI=1S/C22H11F3N2O2S2/c23-22(24,25)14-5-3-6-15(10-14)27-20(28)19(31-21(27)30)11-16-8-9-18(29-16)17-7-2-1-4-13(17)12-26/h1-11H/b19-11-. The highest BCUT2D eigenvalue weighted by Crippen LogP contribution is 2.39. The van der Waals surface area contributed by atoms with Gasteiger partial charge in [0.05, 0.1) is 27.8 Å². The zero-order valence-corrected chi connectivity index (χ0v) is 17.1. The Labute approximate surface area is 184 Å². The van der Waals surface area contributed by atoms with Crippen molar-refractivity contribution < 1.29 is 22.4 Å². The van der Waals surface area contributed by atoms with E-state index in [4.69, 9.17) is 16.6 Å². The first-order valence-electron chi connectivity index (χ1n) is 8.82. The van der Waals surface area contributed by atoms with Gasteiger partial charge in [-0.25, -0.2) is 0 Å². The molecule has 0 unspecified atom stereocenters. The maximum Gasteiger partial charge on any atom is 0.416 e. The third-order valence-corrected chi connectivity index (χ3v) is 5.74. The first kappa shape index (κ1) is 20.9. The molecule has 0 spiro atoms. The van der Waals surface area contributed by atoms with Crippen molar-refractivity contribution >= 4 is 46.0 Å². The first-order valence-corrected chi connectivity index (χ1v) is 10.0. The number of halogens is 3. The highest BCUT2D eigenvalue weighted by atomic mass is 32.2. The van der Waals surface area contributed by atoms with Gasteiger partial charge in [-0.05, 0) is 42.5 Å². The lowest BCUT2D eigenvalue weighted by atomic mass is 10.1. The number of carbonyl (C=O) groups is 1. The average molecular weight is 456 g/mol. The van der Waals surface area contributed by atoms with Crippen LogP contribution in [0.25, 0.3) is 17.4 Å². The summed E-state index contributed by atoms with van der Waals surface area (Å²) < 4.78 is 45.0. The molecule has 0 atom stereocenters. The van der Waals surface area contributed by atoms with Crippen molar-refractivity contribution in [3.63, 3.8) is 0 Å². The molecule has 2 aromatic carbocycles. The molecule has 4 rings (SSSR count). The molecule has 1 amide bonds. The van der Waals surface area contributed by atoms with Gasteiger partial charge in [0.1, 0.15) is 11.5 Å². The number of amides is 1. The number of nitrogens with zero attached hydrogens (tertiary/aromatic N) is 2. The van der Waals surface area contributed by atoms with Gasteiger partial charge in [0.25, 0.3) is 5.91 Å². The second-order valence-electron chi connectivity index (χ2n) is 6.42. The zero-order valence-electron chi connectivity index (χ0n) is 15.5. The number of rotatable bonds is 3. The van der Waals surface area contributed by atoms with Gasteiger partial charge in [0.15, 0.2) is 4.32 Å². The number of benzene rings is 2. The fourth-order valence-electron chi connectivity index (χ4n) is 3.01. The number of thioether (sulfide) groups is 1. The third-order valence-electron chi connectivity index (χ3n) is 4.44. The number of nitriles is 1. The fraction of sp³-hybridized carbons (Fsp3) is 0.0455. The zero-order chi connectivity index (χ0) is 22.2. The Kier molecular flexibility index (Phi) is 5.43. The largest absolute Gasteiger partial charge is 0.457 e. The van der Waals surface area contributed by atoms with Crippen LogP contribution in [0.5, 0.6) is 0 Å². The van der Waals surface area contributed by atoms with Gasteiger partial charge in [0, 0.05) is 11.6 Å². The van der Waals surface area contributed by atoms with Gasteiger partial charge in [-0.1, -0.05) is 42.2 Å². The summed E-state index contributed by atoms with van der Waals surface area (Å²) in [4.78, 5) is 14.1. The minimum Gasteiger partial charge on any atom is -0.457 e. The molecule has 0 radical (unpaired) electrons. The first-order chi connectivity index (χ1) is 14.8. The maximum atomic E-state index is 13.0.